The lowest BCUT2D eigenvalue weighted by Gasteiger charge is -2.11. The van der Waals surface area contributed by atoms with E-state index in [1.807, 2.05) is 6.21 Å². The predicted octanol–water partition coefficient (Wildman–Crippen LogP) is 1.12. The molecule has 0 amide bonds. The molecule has 10 heavy (non-hydrogen) atoms. The maximum atomic E-state index is 5.43. The number of dihydropyridines is 1. The van der Waals surface area contributed by atoms with E-state index in [1.165, 1.54) is 5.57 Å². The van der Waals surface area contributed by atoms with Gasteiger partial charge in [0.1, 0.15) is 0 Å². The van der Waals surface area contributed by atoms with Crippen molar-refractivity contribution in [1.29, 1.82) is 0 Å². The van der Waals surface area contributed by atoms with Crippen LogP contribution in [0.25, 0.3) is 0 Å². The van der Waals surface area contributed by atoms with Crippen molar-refractivity contribution in [3.8, 4) is 0 Å². The molecule has 1 atom stereocenters. The Hall–Kier alpha value is -0.630. The fraction of sp³-hybridized carbons (Fsp3) is 0.625. The lowest BCUT2D eigenvalue weighted by molar-refractivity contribution is 0.656. The highest BCUT2D eigenvalue weighted by Gasteiger charge is 2.05. The maximum Gasteiger partial charge on any atom is 0.0531 e. The summed E-state index contributed by atoms with van der Waals surface area (Å²) in [6.45, 7) is 2.78. The number of hydrogen-bond donors (Lipinski definition) is 1. The topological polar surface area (TPSA) is 38.4 Å². The van der Waals surface area contributed by atoms with Crippen molar-refractivity contribution < 1.29 is 0 Å². The quantitative estimate of drug-likeness (QED) is 0.610. The molecule has 0 spiro atoms. The number of rotatable bonds is 2. The Labute approximate surface area is 61.8 Å². The van der Waals surface area contributed by atoms with Gasteiger partial charge in [0.05, 0.1) is 6.04 Å². The zero-order valence-corrected chi connectivity index (χ0v) is 6.38. The summed E-state index contributed by atoms with van der Waals surface area (Å²) in [5.41, 5.74) is 6.60. The van der Waals surface area contributed by atoms with Crippen molar-refractivity contribution in [3.63, 3.8) is 0 Å². The Kier molecular flexibility index (Phi) is 2.63. The summed E-state index contributed by atoms with van der Waals surface area (Å²) in [6, 6.07) is 0.510. The minimum Gasteiger partial charge on any atom is -0.326 e. The van der Waals surface area contributed by atoms with E-state index in [4.69, 9.17) is 5.73 Å². The molecule has 0 aromatic rings. The molecule has 0 saturated heterocycles. The number of nitrogens with zero attached hydrogens (tertiary/aromatic N) is 1. The molecule has 0 bridgehead atoms. The highest BCUT2D eigenvalue weighted by Crippen LogP contribution is 2.10. The molecule has 1 aliphatic heterocycles. The molecule has 56 valence electrons. The van der Waals surface area contributed by atoms with E-state index in [0.29, 0.717) is 12.6 Å². The summed E-state index contributed by atoms with van der Waals surface area (Å²) in [4.78, 5) is 4.33. The average molecular weight is 138 g/mol. The second kappa shape index (κ2) is 3.52. The van der Waals surface area contributed by atoms with Crippen LogP contribution >= 0.6 is 0 Å². The van der Waals surface area contributed by atoms with E-state index in [0.717, 1.165) is 12.8 Å². The van der Waals surface area contributed by atoms with E-state index >= 15 is 0 Å². The molecule has 1 unspecified atom stereocenters. The summed E-state index contributed by atoms with van der Waals surface area (Å²) in [6.07, 6.45) is 6.28. The highest BCUT2D eigenvalue weighted by atomic mass is 14.8. The molecule has 0 aromatic carbocycles. The van der Waals surface area contributed by atoms with E-state index in [2.05, 4.69) is 18.0 Å². The summed E-state index contributed by atoms with van der Waals surface area (Å²) in [5.74, 6) is 0. The fourth-order valence-corrected chi connectivity index (χ4v) is 1.01. The first-order valence-electron chi connectivity index (χ1n) is 3.79. The first-order valence-corrected chi connectivity index (χ1v) is 3.79. The SMILES string of the molecule is CCC1CC=C(CN)C=N1. The molecule has 2 nitrogen and oxygen atoms in total. The predicted molar refractivity (Wildman–Crippen MR) is 44.3 cm³/mol. The molecule has 0 aromatic heterocycles. The van der Waals surface area contributed by atoms with Crippen LogP contribution in [-0.4, -0.2) is 18.8 Å². The Morgan fingerprint density at radius 3 is 3.00 bits per heavy atom. The molecule has 1 heterocycles. The van der Waals surface area contributed by atoms with Crippen LogP contribution < -0.4 is 5.73 Å². The second-order valence-electron chi connectivity index (χ2n) is 2.56. The maximum absolute atomic E-state index is 5.43. The molecular formula is C8H14N2. The first kappa shape index (κ1) is 7.48. The van der Waals surface area contributed by atoms with Crippen molar-refractivity contribution in [2.45, 2.75) is 25.8 Å². The molecule has 0 saturated carbocycles. The minimum absolute atomic E-state index is 0.510. The van der Waals surface area contributed by atoms with Crippen LogP contribution in [0.1, 0.15) is 19.8 Å². The smallest absolute Gasteiger partial charge is 0.0531 e. The number of nitrogens with two attached hydrogens (primary N) is 1. The van der Waals surface area contributed by atoms with Crippen molar-refractivity contribution in [3.05, 3.63) is 11.6 Å². The zero-order valence-electron chi connectivity index (χ0n) is 6.38. The molecule has 1 rings (SSSR count). The normalized spacial score (nSPS) is 24.6. The lowest BCUT2D eigenvalue weighted by atomic mass is 10.1. The minimum atomic E-state index is 0.510. The molecule has 1 aliphatic rings. The Bertz CT molecular complexity index is 159. The van der Waals surface area contributed by atoms with Crippen LogP contribution in [0.15, 0.2) is 16.6 Å². The van der Waals surface area contributed by atoms with Crippen LogP contribution in [0.5, 0.6) is 0 Å². The first-order chi connectivity index (χ1) is 4.86. The summed E-state index contributed by atoms with van der Waals surface area (Å²) < 4.78 is 0. The van der Waals surface area contributed by atoms with Crippen molar-refractivity contribution in [2.24, 2.45) is 10.7 Å². The fourth-order valence-electron chi connectivity index (χ4n) is 1.01. The standard InChI is InChI=1S/C8H14N2/c1-2-8-4-3-7(5-9)6-10-8/h3,6,8H,2,4-5,9H2,1H3. The molecule has 0 radical (unpaired) electrons. The number of hydrogen-bond acceptors (Lipinski definition) is 2. The van der Waals surface area contributed by atoms with Gasteiger partial charge in [-0.05, 0) is 18.4 Å². The molecule has 2 heteroatoms. The van der Waals surface area contributed by atoms with Crippen molar-refractivity contribution in [2.75, 3.05) is 6.54 Å². The van der Waals surface area contributed by atoms with Crippen LogP contribution in [0.4, 0.5) is 0 Å². The molecule has 0 aliphatic carbocycles. The van der Waals surface area contributed by atoms with Crippen LogP contribution in [0.2, 0.25) is 0 Å². The van der Waals surface area contributed by atoms with Gasteiger partial charge < -0.3 is 5.73 Å². The van der Waals surface area contributed by atoms with Gasteiger partial charge in [0.2, 0.25) is 0 Å². The lowest BCUT2D eigenvalue weighted by Crippen LogP contribution is -2.12. The molecular weight excluding hydrogens is 124 g/mol. The van der Waals surface area contributed by atoms with Gasteiger partial charge in [-0.15, -0.1) is 0 Å². The van der Waals surface area contributed by atoms with E-state index in [-0.39, 0.29) is 0 Å². The van der Waals surface area contributed by atoms with Crippen LogP contribution in [0.3, 0.4) is 0 Å². The van der Waals surface area contributed by atoms with E-state index < -0.39 is 0 Å². The third kappa shape index (κ3) is 1.67. The van der Waals surface area contributed by atoms with E-state index in [1.54, 1.807) is 0 Å². The Morgan fingerprint density at radius 1 is 1.80 bits per heavy atom. The molecule has 2 N–H and O–H groups in total. The van der Waals surface area contributed by atoms with Gasteiger partial charge >= 0.3 is 0 Å². The second-order valence-corrected chi connectivity index (χ2v) is 2.56. The van der Waals surface area contributed by atoms with Crippen LogP contribution in [0, 0.1) is 0 Å². The van der Waals surface area contributed by atoms with Crippen LogP contribution in [-0.2, 0) is 0 Å². The molecule has 0 fully saturated rings. The van der Waals surface area contributed by atoms with Gasteiger partial charge in [-0.1, -0.05) is 13.0 Å². The summed E-state index contributed by atoms with van der Waals surface area (Å²) >= 11 is 0. The van der Waals surface area contributed by atoms with Gasteiger partial charge in [0.25, 0.3) is 0 Å². The summed E-state index contributed by atoms with van der Waals surface area (Å²) in [7, 11) is 0. The van der Waals surface area contributed by atoms with E-state index in [9.17, 15) is 0 Å². The Balaban J connectivity index is 2.46. The third-order valence-corrected chi connectivity index (χ3v) is 1.81. The average Bonchev–Trinajstić information content (AvgIpc) is 2.05. The largest absolute Gasteiger partial charge is 0.326 e. The number of aliphatic imine (C=N–C) groups is 1. The van der Waals surface area contributed by atoms with Gasteiger partial charge in [-0.2, -0.15) is 0 Å². The third-order valence-electron chi connectivity index (χ3n) is 1.81. The van der Waals surface area contributed by atoms with Gasteiger partial charge in [-0.3, -0.25) is 4.99 Å². The monoisotopic (exact) mass is 138 g/mol. The van der Waals surface area contributed by atoms with Gasteiger partial charge in [0, 0.05) is 12.8 Å². The van der Waals surface area contributed by atoms with Gasteiger partial charge in [0.15, 0.2) is 0 Å². The van der Waals surface area contributed by atoms with Gasteiger partial charge in [-0.25, -0.2) is 0 Å². The van der Waals surface area contributed by atoms with Crippen molar-refractivity contribution >= 4 is 6.21 Å². The highest BCUT2D eigenvalue weighted by molar-refractivity contribution is 5.80. The summed E-state index contributed by atoms with van der Waals surface area (Å²) in [5, 5.41) is 0. The Morgan fingerprint density at radius 2 is 2.60 bits per heavy atom. The van der Waals surface area contributed by atoms with Crippen molar-refractivity contribution in [1.82, 2.24) is 0 Å². The zero-order chi connectivity index (χ0) is 7.40.